The van der Waals surface area contributed by atoms with E-state index in [2.05, 4.69) is 10.3 Å². The fourth-order valence-electron chi connectivity index (χ4n) is 3.39. The minimum Gasteiger partial charge on any atom is -0.338 e. The Kier molecular flexibility index (Phi) is 7.05. The van der Waals surface area contributed by atoms with E-state index in [0.29, 0.717) is 6.04 Å². The molecule has 2 fully saturated rings. The first kappa shape index (κ1) is 20.0. The Morgan fingerprint density at radius 3 is 2.52 bits per heavy atom. The van der Waals surface area contributed by atoms with Gasteiger partial charge in [-0.15, -0.1) is 24.8 Å². The normalized spacial score (nSPS) is 17.7. The van der Waals surface area contributed by atoms with Gasteiger partial charge in [-0.2, -0.15) is 0 Å². The van der Waals surface area contributed by atoms with Crippen molar-refractivity contribution in [3.05, 3.63) is 42.1 Å². The van der Waals surface area contributed by atoms with Crippen LogP contribution >= 0.6 is 24.8 Å². The molecule has 0 atom stereocenters. The number of carbonyl (C=O) groups excluding carboxylic acids is 1. The molecule has 1 aromatic carbocycles. The van der Waals surface area contributed by atoms with Gasteiger partial charge >= 0.3 is 0 Å². The predicted molar refractivity (Wildman–Crippen MR) is 106 cm³/mol. The van der Waals surface area contributed by atoms with Crippen LogP contribution in [-0.2, 0) is 0 Å². The average molecular weight is 382 g/mol. The maximum atomic E-state index is 12.9. The van der Waals surface area contributed by atoms with Crippen molar-refractivity contribution in [2.24, 2.45) is 5.92 Å². The van der Waals surface area contributed by atoms with E-state index in [1.54, 1.807) is 6.20 Å². The summed E-state index contributed by atoms with van der Waals surface area (Å²) in [6.45, 7) is 2.83. The first-order valence-corrected chi connectivity index (χ1v) is 8.67. The van der Waals surface area contributed by atoms with E-state index in [9.17, 15) is 4.79 Å². The Morgan fingerprint density at radius 1 is 1.08 bits per heavy atom. The van der Waals surface area contributed by atoms with Crippen LogP contribution in [0.3, 0.4) is 0 Å². The Balaban J connectivity index is 0.00000113. The lowest BCUT2D eigenvalue weighted by Gasteiger charge is -2.32. The molecule has 4 rings (SSSR count). The molecule has 0 bridgehead atoms. The maximum absolute atomic E-state index is 12.9. The summed E-state index contributed by atoms with van der Waals surface area (Å²) in [6, 6.07) is 10.3. The zero-order chi connectivity index (χ0) is 15.6. The first-order valence-electron chi connectivity index (χ1n) is 8.67. The molecule has 1 aromatic heterocycles. The number of hydrogen-bond donors (Lipinski definition) is 1. The van der Waals surface area contributed by atoms with E-state index in [-0.39, 0.29) is 30.7 Å². The quantitative estimate of drug-likeness (QED) is 0.878. The van der Waals surface area contributed by atoms with Gasteiger partial charge < -0.3 is 10.2 Å². The molecule has 1 amide bonds. The van der Waals surface area contributed by atoms with Crippen molar-refractivity contribution in [3.63, 3.8) is 0 Å². The lowest BCUT2D eigenvalue weighted by Crippen LogP contribution is -2.45. The number of nitrogens with zero attached hydrogens (tertiary/aromatic N) is 2. The van der Waals surface area contributed by atoms with Gasteiger partial charge in [0.1, 0.15) is 0 Å². The van der Waals surface area contributed by atoms with Gasteiger partial charge in [-0.3, -0.25) is 9.78 Å². The molecule has 1 saturated heterocycles. The molecule has 1 N–H and O–H groups in total. The summed E-state index contributed by atoms with van der Waals surface area (Å²) in [7, 11) is 0. The number of rotatable bonds is 4. The van der Waals surface area contributed by atoms with Gasteiger partial charge in [-0.1, -0.05) is 18.2 Å². The van der Waals surface area contributed by atoms with Crippen molar-refractivity contribution in [3.8, 4) is 0 Å². The van der Waals surface area contributed by atoms with Crippen LogP contribution < -0.4 is 5.32 Å². The summed E-state index contributed by atoms with van der Waals surface area (Å²) in [5.41, 5.74) is 1.54. The molecule has 25 heavy (non-hydrogen) atoms. The SMILES string of the molecule is Cl.Cl.O=C(c1cccc2cccnc12)N1CCC(NCC2CC2)CC1. The Bertz CT molecular complexity index is 707. The summed E-state index contributed by atoms with van der Waals surface area (Å²) >= 11 is 0. The Labute approximate surface area is 161 Å². The average Bonchev–Trinajstić information content (AvgIpc) is 3.44. The number of likely N-dealkylation sites (tertiary alicyclic amines) is 1. The summed E-state index contributed by atoms with van der Waals surface area (Å²) in [5.74, 6) is 1.03. The third-order valence-electron chi connectivity index (χ3n) is 5.04. The number of nitrogens with one attached hydrogen (secondary N) is 1. The summed E-state index contributed by atoms with van der Waals surface area (Å²) in [4.78, 5) is 19.3. The molecule has 0 radical (unpaired) electrons. The largest absolute Gasteiger partial charge is 0.338 e. The zero-order valence-corrected chi connectivity index (χ0v) is 15.8. The molecule has 2 heterocycles. The summed E-state index contributed by atoms with van der Waals surface area (Å²) < 4.78 is 0. The second kappa shape index (κ2) is 8.84. The molecule has 1 aliphatic heterocycles. The van der Waals surface area contributed by atoms with Crippen LogP contribution in [0.2, 0.25) is 0 Å². The molecule has 0 spiro atoms. The van der Waals surface area contributed by atoms with E-state index < -0.39 is 0 Å². The van der Waals surface area contributed by atoms with Gasteiger partial charge in [-0.25, -0.2) is 0 Å². The van der Waals surface area contributed by atoms with Gasteiger partial charge in [0.2, 0.25) is 0 Å². The van der Waals surface area contributed by atoms with Gasteiger partial charge in [0.25, 0.3) is 5.91 Å². The van der Waals surface area contributed by atoms with Crippen molar-refractivity contribution in [2.75, 3.05) is 19.6 Å². The van der Waals surface area contributed by atoms with Crippen LogP contribution in [0.1, 0.15) is 36.0 Å². The lowest BCUT2D eigenvalue weighted by atomic mass is 10.0. The highest BCUT2D eigenvalue weighted by Gasteiger charge is 2.27. The molecular weight excluding hydrogens is 357 g/mol. The summed E-state index contributed by atoms with van der Waals surface area (Å²) in [5, 5.41) is 4.69. The molecule has 2 aromatic rings. The highest BCUT2D eigenvalue weighted by atomic mass is 35.5. The number of benzene rings is 1. The van der Waals surface area contributed by atoms with Crippen molar-refractivity contribution in [2.45, 2.75) is 31.7 Å². The molecule has 136 valence electrons. The maximum Gasteiger partial charge on any atom is 0.256 e. The molecule has 4 nitrogen and oxygen atoms in total. The topological polar surface area (TPSA) is 45.2 Å². The Morgan fingerprint density at radius 2 is 1.80 bits per heavy atom. The minimum absolute atomic E-state index is 0. The number of pyridine rings is 1. The third-order valence-corrected chi connectivity index (χ3v) is 5.04. The fraction of sp³-hybridized carbons (Fsp3) is 0.474. The van der Waals surface area contributed by atoms with E-state index in [0.717, 1.165) is 54.9 Å². The minimum atomic E-state index is 0. The molecular formula is C19H25Cl2N3O. The number of carbonyl (C=O) groups is 1. The van der Waals surface area contributed by atoms with E-state index in [1.165, 1.54) is 12.8 Å². The number of piperidine rings is 1. The van der Waals surface area contributed by atoms with Crippen LogP contribution in [0.25, 0.3) is 10.9 Å². The van der Waals surface area contributed by atoms with E-state index in [1.807, 2.05) is 35.2 Å². The standard InChI is InChI=1S/C19H23N3O.2ClH/c23-19(17-5-1-3-15-4-2-10-20-18(15)17)22-11-8-16(9-12-22)21-13-14-6-7-14;;/h1-5,10,14,16,21H,6-9,11-13H2;2*1H. The second-order valence-electron chi connectivity index (χ2n) is 6.80. The van der Waals surface area contributed by atoms with E-state index >= 15 is 0 Å². The van der Waals surface area contributed by atoms with Crippen LogP contribution in [0, 0.1) is 5.92 Å². The van der Waals surface area contributed by atoms with E-state index in [4.69, 9.17) is 0 Å². The first-order chi connectivity index (χ1) is 11.3. The van der Waals surface area contributed by atoms with Crippen molar-refractivity contribution < 1.29 is 4.79 Å². The lowest BCUT2D eigenvalue weighted by molar-refractivity contribution is 0.0707. The van der Waals surface area contributed by atoms with Crippen LogP contribution in [0.4, 0.5) is 0 Å². The van der Waals surface area contributed by atoms with Gasteiger partial charge in [0.05, 0.1) is 11.1 Å². The number of fused-ring (bicyclic) bond motifs is 1. The second-order valence-corrected chi connectivity index (χ2v) is 6.80. The molecule has 2 aliphatic rings. The predicted octanol–water partition coefficient (Wildman–Crippen LogP) is 3.68. The van der Waals surface area contributed by atoms with Crippen LogP contribution in [-0.4, -0.2) is 41.5 Å². The molecule has 1 saturated carbocycles. The third kappa shape index (κ3) is 4.63. The smallest absolute Gasteiger partial charge is 0.256 e. The molecule has 0 unspecified atom stereocenters. The van der Waals surface area contributed by atoms with Crippen molar-refractivity contribution in [1.29, 1.82) is 0 Å². The van der Waals surface area contributed by atoms with Gasteiger partial charge in [0.15, 0.2) is 0 Å². The molecule has 6 heteroatoms. The van der Waals surface area contributed by atoms with Crippen LogP contribution in [0.15, 0.2) is 36.5 Å². The molecule has 1 aliphatic carbocycles. The van der Waals surface area contributed by atoms with Crippen molar-refractivity contribution in [1.82, 2.24) is 15.2 Å². The summed E-state index contributed by atoms with van der Waals surface area (Å²) in [6.07, 6.45) is 6.64. The van der Waals surface area contributed by atoms with Gasteiger partial charge in [-0.05, 0) is 50.3 Å². The van der Waals surface area contributed by atoms with Crippen molar-refractivity contribution >= 4 is 41.6 Å². The van der Waals surface area contributed by atoms with Crippen LogP contribution in [0.5, 0.6) is 0 Å². The Hall–Kier alpha value is -1.36. The number of halogens is 2. The highest BCUT2D eigenvalue weighted by Crippen LogP contribution is 2.28. The number of amides is 1. The monoisotopic (exact) mass is 381 g/mol. The fourth-order valence-corrected chi connectivity index (χ4v) is 3.39. The van der Waals surface area contributed by atoms with Gasteiger partial charge in [0, 0.05) is 30.7 Å². The number of hydrogen-bond acceptors (Lipinski definition) is 3. The zero-order valence-electron chi connectivity index (χ0n) is 14.2. The number of aromatic nitrogens is 1. The number of para-hydroxylation sites is 1. The highest BCUT2D eigenvalue weighted by molar-refractivity contribution is 6.05.